The van der Waals surface area contributed by atoms with Crippen molar-refractivity contribution in [1.82, 2.24) is 19.5 Å². The minimum atomic E-state index is 0.642. The van der Waals surface area contributed by atoms with Crippen LogP contribution in [0.2, 0.25) is 0 Å². The van der Waals surface area contributed by atoms with Gasteiger partial charge in [-0.15, -0.1) is 11.3 Å². The van der Waals surface area contributed by atoms with E-state index < -0.39 is 0 Å². The van der Waals surface area contributed by atoms with Gasteiger partial charge in [0, 0.05) is 53.3 Å². The summed E-state index contributed by atoms with van der Waals surface area (Å²) < 4.78 is 4.88. The van der Waals surface area contributed by atoms with Crippen LogP contribution in [-0.2, 0) is 0 Å². The Morgan fingerprint density at radius 3 is 1.83 bits per heavy atom. The van der Waals surface area contributed by atoms with Gasteiger partial charge in [0.2, 0.25) is 0 Å². The van der Waals surface area contributed by atoms with E-state index in [4.69, 9.17) is 15.0 Å². The zero-order valence-corrected chi connectivity index (χ0v) is 32.0. The van der Waals surface area contributed by atoms with E-state index in [0.29, 0.717) is 17.5 Å². The third kappa shape index (κ3) is 5.25. The second-order valence-electron chi connectivity index (χ2n) is 14.8. The van der Waals surface area contributed by atoms with E-state index in [0.717, 1.165) is 33.5 Å². The van der Waals surface area contributed by atoms with Crippen molar-refractivity contribution in [3.8, 4) is 51.0 Å². The van der Waals surface area contributed by atoms with Crippen LogP contribution in [0.3, 0.4) is 0 Å². The minimum Gasteiger partial charge on any atom is -0.309 e. The van der Waals surface area contributed by atoms with Gasteiger partial charge in [-0.3, -0.25) is 0 Å². The Morgan fingerprint density at radius 2 is 0.983 bits per heavy atom. The summed E-state index contributed by atoms with van der Waals surface area (Å²) in [5.41, 5.74) is 8.63. The first-order chi connectivity index (χ1) is 28.7. The molecule has 0 aliphatic rings. The van der Waals surface area contributed by atoms with Gasteiger partial charge < -0.3 is 4.57 Å². The second-order valence-corrected chi connectivity index (χ2v) is 15.9. The van der Waals surface area contributed by atoms with Gasteiger partial charge in [-0.1, -0.05) is 146 Å². The smallest absolute Gasteiger partial charge is 0.164 e. The van der Waals surface area contributed by atoms with Crippen LogP contribution < -0.4 is 0 Å². The van der Waals surface area contributed by atoms with E-state index in [1.54, 1.807) is 11.3 Å². The van der Waals surface area contributed by atoms with Crippen molar-refractivity contribution in [2.45, 2.75) is 0 Å². The molecule has 0 fully saturated rings. The zero-order valence-electron chi connectivity index (χ0n) is 31.2. The lowest BCUT2D eigenvalue weighted by Crippen LogP contribution is -2.00. The van der Waals surface area contributed by atoms with E-state index in [2.05, 4.69) is 180 Å². The fourth-order valence-corrected chi connectivity index (χ4v) is 9.83. The van der Waals surface area contributed by atoms with Crippen LogP contribution in [0, 0.1) is 0 Å². The van der Waals surface area contributed by atoms with Gasteiger partial charge in [-0.2, -0.15) is 0 Å². The molecule has 0 saturated carbocycles. The molecule has 0 bridgehead atoms. The number of benzene rings is 9. The Labute approximate surface area is 338 Å². The number of rotatable bonds is 5. The van der Waals surface area contributed by atoms with Gasteiger partial charge in [-0.05, 0) is 81.2 Å². The van der Waals surface area contributed by atoms with Crippen molar-refractivity contribution in [1.29, 1.82) is 0 Å². The first kappa shape index (κ1) is 32.7. The van der Waals surface area contributed by atoms with Gasteiger partial charge in [0.1, 0.15) is 0 Å². The monoisotopic (exact) mass is 756 g/mol. The molecule has 4 nitrogen and oxygen atoms in total. The van der Waals surface area contributed by atoms with Crippen molar-refractivity contribution >= 4 is 74.9 Å². The van der Waals surface area contributed by atoms with Crippen LogP contribution >= 0.6 is 11.3 Å². The minimum absolute atomic E-state index is 0.642. The highest BCUT2D eigenvalue weighted by atomic mass is 32.1. The predicted molar refractivity (Wildman–Crippen MR) is 244 cm³/mol. The molecule has 0 amide bonds. The molecule has 5 heteroatoms. The molecule has 0 aliphatic heterocycles. The molecule has 12 aromatic rings. The summed E-state index contributed by atoms with van der Waals surface area (Å²) in [6.45, 7) is 0. The summed E-state index contributed by atoms with van der Waals surface area (Å²) >= 11 is 1.80. The number of fused-ring (bicyclic) bond motifs is 9. The number of hydrogen-bond acceptors (Lipinski definition) is 4. The molecule has 0 atom stereocenters. The molecular weight excluding hydrogens is 725 g/mol. The SMILES string of the molecule is c1ccc(-c2nc(-c3cccc(-c4ccc(-n5c6cc7ccccc7cc6c6c7ccccc7ccc65)cc4)c3)nc(-c3cccc4sc5ccccc5c34)n2)cc1. The van der Waals surface area contributed by atoms with Crippen molar-refractivity contribution < 1.29 is 0 Å². The first-order valence-corrected chi connectivity index (χ1v) is 20.3. The maximum absolute atomic E-state index is 5.20. The molecule has 9 aromatic carbocycles. The van der Waals surface area contributed by atoms with Crippen molar-refractivity contribution in [3.05, 3.63) is 194 Å². The van der Waals surface area contributed by atoms with Crippen LogP contribution in [0.15, 0.2) is 194 Å². The molecule has 58 heavy (non-hydrogen) atoms. The highest BCUT2D eigenvalue weighted by Crippen LogP contribution is 2.41. The van der Waals surface area contributed by atoms with Gasteiger partial charge in [0.05, 0.1) is 11.0 Å². The third-order valence-electron chi connectivity index (χ3n) is 11.4. The average molecular weight is 757 g/mol. The molecule has 0 unspecified atom stereocenters. The lowest BCUT2D eigenvalue weighted by atomic mass is 10.0. The molecule has 0 radical (unpaired) electrons. The predicted octanol–water partition coefficient (Wildman–Crippen LogP) is 14.3. The highest BCUT2D eigenvalue weighted by Gasteiger charge is 2.19. The molecule has 3 heterocycles. The summed E-state index contributed by atoms with van der Waals surface area (Å²) in [7, 11) is 0. The zero-order chi connectivity index (χ0) is 38.2. The molecule has 0 N–H and O–H groups in total. The first-order valence-electron chi connectivity index (χ1n) is 19.5. The number of nitrogens with zero attached hydrogens (tertiary/aromatic N) is 4. The maximum Gasteiger partial charge on any atom is 0.164 e. The van der Waals surface area contributed by atoms with Gasteiger partial charge in [0.15, 0.2) is 17.5 Å². The molecule has 270 valence electrons. The third-order valence-corrected chi connectivity index (χ3v) is 12.5. The number of aromatic nitrogens is 4. The van der Waals surface area contributed by atoms with Gasteiger partial charge in [0.25, 0.3) is 0 Å². The molecule has 0 spiro atoms. The van der Waals surface area contributed by atoms with Crippen LogP contribution in [-0.4, -0.2) is 19.5 Å². The molecule has 0 saturated heterocycles. The van der Waals surface area contributed by atoms with E-state index in [9.17, 15) is 0 Å². The second kappa shape index (κ2) is 13.1. The lowest BCUT2D eigenvalue weighted by molar-refractivity contribution is 1.08. The summed E-state index contributed by atoms with van der Waals surface area (Å²) in [5.74, 6) is 1.96. The van der Waals surface area contributed by atoms with Crippen molar-refractivity contribution in [3.63, 3.8) is 0 Å². The Hall–Kier alpha value is -7.47. The normalized spacial score (nSPS) is 11.8. The topological polar surface area (TPSA) is 43.6 Å². The van der Waals surface area contributed by atoms with Crippen LogP contribution in [0.25, 0.3) is 115 Å². The standard InChI is InChI=1S/C53H32N4S/c1-2-13-35(14-3-1)51-54-52(56-53(55-51)43-21-11-23-48-50(43)42-20-8-9-22-47(42)58-48)39-18-10-17-36(30-39)33-24-27-40(28-25-33)57-45-29-26-34-12-6-7-19-41(34)49(45)44-31-37-15-4-5-16-38(37)32-46(44)57/h1-32H. The van der Waals surface area contributed by atoms with Crippen LogP contribution in [0.5, 0.6) is 0 Å². The number of hydrogen-bond donors (Lipinski definition) is 0. The van der Waals surface area contributed by atoms with E-state index in [-0.39, 0.29) is 0 Å². The van der Waals surface area contributed by atoms with E-state index in [1.807, 2.05) is 18.2 Å². The Balaban J connectivity index is 0.985. The maximum atomic E-state index is 5.20. The highest BCUT2D eigenvalue weighted by molar-refractivity contribution is 7.25. The quantitative estimate of drug-likeness (QED) is 0.176. The van der Waals surface area contributed by atoms with Gasteiger partial charge in [-0.25, -0.2) is 15.0 Å². The fraction of sp³-hybridized carbons (Fsp3) is 0. The Morgan fingerprint density at radius 1 is 0.345 bits per heavy atom. The van der Waals surface area contributed by atoms with E-state index in [1.165, 1.54) is 63.5 Å². The molecular formula is C53H32N4S. The summed E-state index contributed by atoms with van der Waals surface area (Å²) in [6.07, 6.45) is 0. The Bertz CT molecular complexity index is 3560. The largest absolute Gasteiger partial charge is 0.309 e. The van der Waals surface area contributed by atoms with Crippen molar-refractivity contribution in [2.24, 2.45) is 0 Å². The summed E-state index contributed by atoms with van der Waals surface area (Å²) in [6, 6.07) is 69.2. The molecule has 12 rings (SSSR count). The van der Waals surface area contributed by atoms with Crippen LogP contribution in [0.4, 0.5) is 0 Å². The average Bonchev–Trinajstić information content (AvgIpc) is 3.84. The Kier molecular flexibility index (Phi) is 7.37. The van der Waals surface area contributed by atoms with Crippen molar-refractivity contribution in [2.75, 3.05) is 0 Å². The summed E-state index contributed by atoms with van der Waals surface area (Å²) in [5, 5.41) is 9.93. The lowest BCUT2D eigenvalue weighted by Gasteiger charge is -2.12. The van der Waals surface area contributed by atoms with Gasteiger partial charge >= 0.3 is 0 Å². The van der Waals surface area contributed by atoms with Crippen LogP contribution in [0.1, 0.15) is 0 Å². The van der Waals surface area contributed by atoms with E-state index >= 15 is 0 Å². The summed E-state index contributed by atoms with van der Waals surface area (Å²) in [4.78, 5) is 15.4. The fourth-order valence-electron chi connectivity index (χ4n) is 8.69. The number of thiophene rings is 1. The molecule has 3 aromatic heterocycles. The molecule has 0 aliphatic carbocycles.